The van der Waals surface area contributed by atoms with Crippen LogP contribution in [0.25, 0.3) is 0 Å². The van der Waals surface area contributed by atoms with E-state index < -0.39 is 0 Å². The summed E-state index contributed by atoms with van der Waals surface area (Å²) < 4.78 is 5.39. The molecule has 1 saturated heterocycles. The fraction of sp³-hybridized carbons (Fsp3) is 0.929. The Bertz CT molecular complexity index is 312. The molecule has 2 fully saturated rings. The average Bonchev–Trinajstić information content (AvgIpc) is 2.23. The molecule has 1 aliphatic carbocycles. The summed E-state index contributed by atoms with van der Waals surface area (Å²) in [7, 11) is 2.04. The molecule has 1 spiro atoms. The van der Waals surface area contributed by atoms with Crippen LogP contribution in [0.1, 0.15) is 46.5 Å². The molecule has 112 valence electrons. The normalized spacial score (nSPS) is 22.6. The molecule has 2 rings (SSSR count). The zero-order valence-electron chi connectivity index (χ0n) is 12.5. The first-order chi connectivity index (χ1) is 8.34. The van der Waals surface area contributed by atoms with E-state index in [1.165, 1.54) is 25.7 Å². The monoisotopic (exact) mass is 290 g/mol. The molecule has 1 amide bonds. The highest BCUT2D eigenvalue weighted by atomic mass is 35.5. The largest absolute Gasteiger partial charge is 0.444 e. The number of amides is 1. The van der Waals surface area contributed by atoms with E-state index in [4.69, 9.17) is 4.74 Å². The number of halogens is 1. The van der Waals surface area contributed by atoms with Crippen molar-refractivity contribution in [3.05, 3.63) is 0 Å². The third-order valence-electron chi connectivity index (χ3n) is 4.16. The van der Waals surface area contributed by atoms with Gasteiger partial charge in [0.15, 0.2) is 0 Å². The molecule has 4 nitrogen and oxygen atoms in total. The summed E-state index contributed by atoms with van der Waals surface area (Å²) >= 11 is 0. The van der Waals surface area contributed by atoms with E-state index in [0.29, 0.717) is 11.5 Å². The van der Waals surface area contributed by atoms with Crippen LogP contribution in [0.5, 0.6) is 0 Å². The Morgan fingerprint density at radius 2 is 1.79 bits per heavy atom. The smallest absolute Gasteiger partial charge is 0.410 e. The average molecular weight is 291 g/mol. The summed E-state index contributed by atoms with van der Waals surface area (Å²) in [6, 6.07) is 0.672. The van der Waals surface area contributed by atoms with Crippen LogP contribution in [-0.4, -0.2) is 42.8 Å². The van der Waals surface area contributed by atoms with E-state index in [2.05, 4.69) is 5.32 Å². The number of hydrogen-bond donors (Lipinski definition) is 1. The molecule has 0 atom stereocenters. The lowest BCUT2D eigenvalue weighted by molar-refractivity contribution is -0.0513. The van der Waals surface area contributed by atoms with E-state index >= 15 is 0 Å². The zero-order chi connectivity index (χ0) is 13.4. The SMILES string of the molecule is CNC1CCC2(CC1)CN(C(=O)OC(C)(C)C)C2.Cl. The maximum Gasteiger partial charge on any atom is 0.410 e. The molecule has 0 unspecified atom stereocenters. The van der Waals surface area contributed by atoms with Crippen molar-refractivity contribution in [3.8, 4) is 0 Å². The van der Waals surface area contributed by atoms with Crippen molar-refractivity contribution >= 4 is 18.5 Å². The molecule has 1 N–H and O–H groups in total. The van der Waals surface area contributed by atoms with Crippen LogP contribution in [0, 0.1) is 5.41 Å². The Morgan fingerprint density at radius 3 is 2.21 bits per heavy atom. The highest BCUT2D eigenvalue weighted by molar-refractivity contribution is 5.85. The standard InChI is InChI=1S/C14H26N2O2.ClH/c1-13(2,3)18-12(17)16-9-14(10-16)7-5-11(15-4)6-8-14;/h11,15H,5-10H2,1-4H3;1H. The van der Waals surface area contributed by atoms with Gasteiger partial charge in [0.1, 0.15) is 5.60 Å². The zero-order valence-corrected chi connectivity index (χ0v) is 13.3. The summed E-state index contributed by atoms with van der Waals surface area (Å²) in [6.07, 6.45) is 4.79. The van der Waals surface area contributed by atoms with Crippen LogP contribution >= 0.6 is 12.4 Å². The van der Waals surface area contributed by atoms with Crippen molar-refractivity contribution in [1.82, 2.24) is 10.2 Å². The van der Waals surface area contributed by atoms with Crippen LogP contribution in [0.3, 0.4) is 0 Å². The number of nitrogens with one attached hydrogen (secondary N) is 1. The van der Waals surface area contributed by atoms with Gasteiger partial charge in [-0.3, -0.25) is 0 Å². The highest BCUT2D eigenvalue weighted by Gasteiger charge is 2.47. The molecule has 0 aromatic heterocycles. The number of carbonyl (C=O) groups is 1. The molecule has 0 aromatic carbocycles. The van der Waals surface area contributed by atoms with E-state index in [1.807, 2.05) is 32.7 Å². The van der Waals surface area contributed by atoms with Crippen molar-refractivity contribution < 1.29 is 9.53 Å². The minimum atomic E-state index is -0.385. The van der Waals surface area contributed by atoms with Crippen LogP contribution in [0.15, 0.2) is 0 Å². The number of carbonyl (C=O) groups excluding carboxylic acids is 1. The lowest BCUT2D eigenvalue weighted by atomic mass is 9.67. The maximum atomic E-state index is 11.9. The van der Waals surface area contributed by atoms with Gasteiger partial charge in [0.05, 0.1) is 0 Å². The molecule has 1 saturated carbocycles. The van der Waals surface area contributed by atoms with Crippen LogP contribution in [-0.2, 0) is 4.74 Å². The number of nitrogens with zero attached hydrogens (tertiary/aromatic N) is 1. The molecule has 0 bridgehead atoms. The molecule has 1 heterocycles. The number of rotatable bonds is 1. The summed E-state index contributed by atoms with van der Waals surface area (Å²) in [4.78, 5) is 13.7. The first kappa shape index (κ1) is 16.6. The fourth-order valence-corrected chi connectivity index (χ4v) is 3.05. The number of ether oxygens (including phenoxy) is 1. The van der Waals surface area contributed by atoms with Crippen LogP contribution in [0.2, 0.25) is 0 Å². The predicted octanol–water partition coefficient (Wildman–Crippen LogP) is 2.81. The van der Waals surface area contributed by atoms with Gasteiger partial charge in [-0.2, -0.15) is 0 Å². The van der Waals surface area contributed by atoms with Gasteiger partial charge in [0.2, 0.25) is 0 Å². The van der Waals surface area contributed by atoms with Gasteiger partial charge in [-0.15, -0.1) is 12.4 Å². The second-order valence-corrected chi connectivity index (χ2v) is 6.90. The van der Waals surface area contributed by atoms with Crippen LogP contribution < -0.4 is 5.32 Å². The Balaban J connectivity index is 0.00000180. The van der Waals surface area contributed by atoms with E-state index in [-0.39, 0.29) is 24.1 Å². The predicted molar refractivity (Wildman–Crippen MR) is 78.8 cm³/mol. The van der Waals surface area contributed by atoms with Crippen molar-refractivity contribution in [2.75, 3.05) is 20.1 Å². The maximum absolute atomic E-state index is 11.9. The van der Waals surface area contributed by atoms with E-state index in [0.717, 1.165) is 13.1 Å². The summed E-state index contributed by atoms with van der Waals surface area (Å²) in [6.45, 7) is 7.52. The van der Waals surface area contributed by atoms with Gasteiger partial charge in [0, 0.05) is 24.5 Å². The van der Waals surface area contributed by atoms with E-state index in [1.54, 1.807) is 0 Å². The fourth-order valence-electron chi connectivity index (χ4n) is 3.05. The van der Waals surface area contributed by atoms with Crippen LogP contribution in [0.4, 0.5) is 4.79 Å². The summed E-state index contributed by atoms with van der Waals surface area (Å²) in [5.74, 6) is 0. The Morgan fingerprint density at radius 1 is 1.26 bits per heavy atom. The quantitative estimate of drug-likeness (QED) is 0.807. The topological polar surface area (TPSA) is 41.6 Å². The lowest BCUT2D eigenvalue weighted by Crippen LogP contribution is -2.61. The highest BCUT2D eigenvalue weighted by Crippen LogP contribution is 2.44. The lowest BCUT2D eigenvalue weighted by Gasteiger charge is -2.53. The van der Waals surface area contributed by atoms with Crippen molar-refractivity contribution in [1.29, 1.82) is 0 Å². The third-order valence-corrected chi connectivity index (χ3v) is 4.16. The molecular weight excluding hydrogens is 264 g/mol. The summed E-state index contributed by atoms with van der Waals surface area (Å²) in [5.41, 5.74) is 0.00782. The second-order valence-electron chi connectivity index (χ2n) is 6.90. The van der Waals surface area contributed by atoms with Gasteiger partial charge in [0.25, 0.3) is 0 Å². The molecule has 2 aliphatic rings. The van der Waals surface area contributed by atoms with E-state index in [9.17, 15) is 4.79 Å². The van der Waals surface area contributed by atoms with Gasteiger partial charge in [-0.1, -0.05) is 0 Å². The number of likely N-dealkylation sites (tertiary alicyclic amines) is 1. The molecule has 0 radical (unpaired) electrons. The first-order valence-corrected chi connectivity index (χ1v) is 6.99. The Kier molecular flexibility index (Phi) is 5.13. The molecular formula is C14H27ClN2O2. The minimum absolute atomic E-state index is 0. The first-order valence-electron chi connectivity index (χ1n) is 6.99. The Labute approximate surface area is 122 Å². The van der Waals surface area contributed by atoms with Gasteiger partial charge in [-0.05, 0) is 53.5 Å². The molecule has 19 heavy (non-hydrogen) atoms. The molecule has 0 aromatic rings. The minimum Gasteiger partial charge on any atom is -0.444 e. The molecule has 1 aliphatic heterocycles. The van der Waals surface area contributed by atoms with Crippen molar-refractivity contribution in [2.45, 2.75) is 58.1 Å². The number of hydrogen-bond acceptors (Lipinski definition) is 3. The van der Waals surface area contributed by atoms with Gasteiger partial charge < -0.3 is 15.0 Å². The third kappa shape index (κ3) is 3.99. The second kappa shape index (κ2) is 5.88. The van der Waals surface area contributed by atoms with Gasteiger partial charge >= 0.3 is 6.09 Å². The van der Waals surface area contributed by atoms with Crippen molar-refractivity contribution in [2.24, 2.45) is 5.41 Å². The Hall–Kier alpha value is -0.480. The summed E-state index contributed by atoms with van der Waals surface area (Å²) in [5, 5.41) is 3.35. The van der Waals surface area contributed by atoms with Gasteiger partial charge in [-0.25, -0.2) is 4.79 Å². The van der Waals surface area contributed by atoms with Crippen molar-refractivity contribution in [3.63, 3.8) is 0 Å². The molecule has 5 heteroatoms.